The van der Waals surface area contributed by atoms with E-state index in [0.29, 0.717) is 5.41 Å². The first-order valence-electron chi connectivity index (χ1n) is 8.81. The van der Waals surface area contributed by atoms with E-state index in [4.69, 9.17) is 0 Å². The van der Waals surface area contributed by atoms with Crippen LogP contribution >= 0.6 is 0 Å². The molecule has 4 rings (SSSR count). The maximum atomic E-state index is 2.65. The molecule has 3 saturated carbocycles. The van der Waals surface area contributed by atoms with Gasteiger partial charge in [-0.25, -0.2) is 0 Å². The topological polar surface area (TPSA) is 0 Å². The predicted molar refractivity (Wildman–Crippen MR) is 80.9 cm³/mol. The van der Waals surface area contributed by atoms with Gasteiger partial charge >= 0.3 is 0 Å². The molecule has 19 heavy (non-hydrogen) atoms. The molecule has 0 spiro atoms. The summed E-state index contributed by atoms with van der Waals surface area (Å²) in [6.45, 7) is 5.23. The molecule has 6 atom stereocenters. The van der Waals surface area contributed by atoms with Crippen LogP contribution in [-0.2, 0) is 0 Å². The number of fused-ring (bicyclic) bond motifs is 5. The van der Waals surface area contributed by atoms with Crippen molar-refractivity contribution in [3.05, 3.63) is 12.2 Å². The molecule has 3 fully saturated rings. The van der Waals surface area contributed by atoms with Gasteiger partial charge in [0.25, 0.3) is 0 Å². The lowest BCUT2D eigenvalue weighted by atomic mass is 9.46. The van der Waals surface area contributed by atoms with Crippen molar-refractivity contribution in [2.24, 2.45) is 34.5 Å². The zero-order valence-corrected chi connectivity index (χ0v) is 12.8. The molecule has 106 valence electrons. The minimum atomic E-state index is 0.561. The van der Waals surface area contributed by atoms with Crippen LogP contribution in [0.5, 0.6) is 0 Å². The Bertz CT molecular complexity index is 395. The summed E-state index contributed by atoms with van der Waals surface area (Å²) in [6, 6.07) is 0. The van der Waals surface area contributed by atoms with Gasteiger partial charge in [0.15, 0.2) is 0 Å². The normalized spacial score (nSPS) is 56.3. The standard InChI is InChI=1S/C19H30/c1-18-11-5-7-16(18)15-9-8-14-6-3-4-12-19(14,2)17(15)10-13-18/h4,12,14-17H,3,5-11,13H2,1-2H3/t14-,15+,16-,17-,18-,19-/m1/s1. The summed E-state index contributed by atoms with van der Waals surface area (Å²) in [6.07, 6.45) is 18.7. The molecule has 0 nitrogen and oxygen atoms in total. The molecule has 4 aliphatic carbocycles. The molecule has 0 saturated heterocycles. The van der Waals surface area contributed by atoms with Crippen LogP contribution in [0.1, 0.15) is 71.6 Å². The van der Waals surface area contributed by atoms with Crippen LogP contribution in [0.4, 0.5) is 0 Å². The highest BCUT2D eigenvalue weighted by Crippen LogP contribution is 2.65. The molecule has 0 aliphatic heterocycles. The van der Waals surface area contributed by atoms with Crippen LogP contribution in [0.25, 0.3) is 0 Å². The van der Waals surface area contributed by atoms with Gasteiger partial charge in [-0.3, -0.25) is 0 Å². The minimum Gasteiger partial charge on any atom is -0.0880 e. The molecule has 0 aromatic carbocycles. The number of hydrogen-bond acceptors (Lipinski definition) is 0. The van der Waals surface area contributed by atoms with E-state index in [1.807, 2.05) is 0 Å². The Balaban J connectivity index is 1.68. The van der Waals surface area contributed by atoms with E-state index in [2.05, 4.69) is 26.0 Å². The van der Waals surface area contributed by atoms with Crippen LogP contribution in [0.15, 0.2) is 12.2 Å². The van der Waals surface area contributed by atoms with E-state index in [-0.39, 0.29) is 0 Å². The van der Waals surface area contributed by atoms with E-state index >= 15 is 0 Å². The summed E-state index contributed by atoms with van der Waals surface area (Å²) in [5.74, 6) is 4.15. The monoisotopic (exact) mass is 258 g/mol. The van der Waals surface area contributed by atoms with Gasteiger partial charge in [0.05, 0.1) is 0 Å². The van der Waals surface area contributed by atoms with Crippen molar-refractivity contribution in [1.82, 2.24) is 0 Å². The van der Waals surface area contributed by atoms with Crippen LogP contribution < -0.4 is 0 Å². The second-order valence-corrected chi connectivity index (χ2v) is 8.58. The van der Waals surface area contributed by atoms with Gasteiger partial charge in [0.2, 0.25) is 0 Å². The molecule has 0 unspecified atom stereocenters. The van der Waals surface area contributed by atoms with Gasteiger partial charge in [-0.2, -0.15) is 0 Å². The Morgan fingerprint density at radius 3 is 2.68 bits per heavy atom. The maximum absolute atomic E-state index is 2.65. The molecule has 0 heterocycles. The lowest BCUT2D eigenvalue weighted by Crippen LogP contribution is -2.50. The van der Waals surface area contributed by atoms with E-state index in [9.17, 15) is 0 Å². The molecule has 0 aromatic rings. The summed E-state index contributed by atoms with van der Waals surface area (Å²) < 4.78 is 0. The van der Waals surface area contributed by atoms with Gasteiger partial charge in [-0.1, -0.05) is 32.4 Å². The molecule has 0 N–H and O–H groups in total. The largest absolute Gasteiger partial charge is 0.0880 e. The Kier molecular flexibility index (Phi) is 2.71. The van der Waals surface area contributed by atoms with Crippen LogP contribution in [0.2, 0.25) is 0 Å². The van der Waals surface area contributed by atoms with Gasteiger partial charge in [0, 0.05) is 0 Å². The van der Waals surface area contributed by atoms with Crippen molar-refractivity contribution in [2.75, 3.05) is 0 Å². The van der Waals surface area contributed by atoms with E-state index in [0.717, 1.165) is 29.1 Å². The van der Waals surface area contributed by atoms with E-state index < -0.39 is 0 Å². The van der Waals surface area contributed by atoms with Crippen molar-refractivity contribution in [3.8, 4) is 0 Å². The lowest BCUT2D eigenvalue weighted by Gasteiger charge is -2.58. The molecular weight excluding hydrogens is 228 g/mol. The fourth-order valence-corrected chi connectivity index (χ4v) is 6.81. The SMILES string of the molecule is C[C@]12CCC[C@@H]1[C@@H]1CC[C@H]3CCC=C[C@@]3(C)[C@@H]1CC2. The van der Waals surface area contributed by atoms with Crippen molar-refractivity contribution >= 4 is 0 Å². The summed E-state index contributed by atoms with van der Waals surface area (Å²) in [7, 11) is 0. The first-order chi connectivity index (χ1) is 9.13. The summed E-state index contributed by atoms with van der Waals surface area (Å²) in [4.78, 5) is 0. The highest BCUT2D eigenvalue weighted by atomic mass is 14.6. The van der Waals surface area contributed by atoms with Crippen molar-refractivity contribution in [1.29, 1.82) is 0 Å². The van der Waals surface area contributed by atoms with Gasteiger partial charge < -0.3 is 0 Å². The third-order valence-electron chi connectivity index (χ3n) is 7.90. The molecular formula is C19H30. The van der Waals surface area contributed by atoms with Crippen LogP contribution in [-0.4, -0.2) is 0 Å². The second kappa shape index (κ2) is 4.12. The predicted octanol–water partition coefficient (Wildman–Crippen LogP) is 5.59. The first kappa shape index (κ1) is 12.5. The third-order valence-corrected chi connectivity index (χ3v) is 7.90. The molecule has 0 bridgehead atoms. The number of allylic oxidation sites excluding steroid dienone is 2. The van der Waals surface area contributed by atoms with Crippen LogP contribution in [0.3, 0.4) is 0 Å². The highest BCUT2D eigenvalue weighted by molar-refractivity contribution is 5.14. The van der Waals surface area contributed by atoms with Gasteiger partial charge in [-0.15, -0.1) is 0 Å². The second-order valence-electron chi connectivity index (χ2n) is 8.58. The summed E-state index contributed by atoms with van der Waals surface area (Å²) in [5, 5.41) is 0. The quantitative estimate of drug-likeness (QED) is 0.497. The lowest BCUT2D eigenvalue weighted by molar-refractivity contribution is -0.0679. The van der Waals surface area contributed by atoms with E-state index in [1.54, 1.807) is 12.8 Å². The van der Waals surface area contributed by atoms with Gasteiger partial charge in [-0.05, 0) is 85.9 Å². The third kappa shape index (κ3) is 1.64. The smallest absolute Gasteiger partial charge is 0.00872 e. The minimum absolute atomic E-state index is 0.561. The molecule has 0 heteroatoms. The first-order valence-corrected chi connectivity index (χ1v) is 8.81. The van der Waals surface area contributed by atoms with Gasteiger partial charge in [0.1, 0.15) is 0 Å². The summed E-state index contributed by atoms with van der Waals surface area (Å²) >= 11 is 0. The average molecular weight is 258 g/mol. The van der Waals surface area contributed by atoms with E-state index in [1.165, 1.54) is 44.9 Å². The zero-order valence-electron chi connectivity index (χ0n) is 12.8. The summed E-state index contributed by atoms with van der Waals surface area (Å²) in [5.41, 5.74) is 1.29. The fraction of sp³-hybridized carbons (Fsp3) is 0.895. The maximum Gasteiger partial charge on any atom is -0.00872 e. The number of hydrogen-bond donors (Lipinski definition) is 0. The Morgan fingerprint density at radius 2 is 1.79 bits per heavy atom. The Morgan fingerprint density at radius 1 is 0.895 bits per heavy atom. The molecule has 4 aliphatic rings. The zero-order chi connectivity index (χ0) is 13.1. The molecule has 0 aromatic heterocycles. The highest BCUT2D eigenvalue weighted by Gasteiger charge is 2.56. The average Bonchev–Trinajstić information content (AvgIpc) is 2.79. The Labute approximate surface area is 119 Å². The molecule has 0 amide bonds. The van der Waals surface area contributed by atoms with Crippen molar-refractivity contribution < 1.29 is 0 Å². The van der Waals surface area contributed by atoms with Crippen LogP contribution in [0, 0.1) is 34.5 Å². The van der Waals surface area contributed by atoms with Crippen molar-refractivity contribution in [3.63, 3.8) is 0 Å². The fourth-order valence-electron chi connectivity index (χ4n) is 6.81. The molecule has 0 radical (unpaired) electrons. The Hall–Kier alpha value is -0.260. The van der Waals surface area contributed by atoms with Crippen molar-refractivity contribution in [2.45, 2.75) is 71.6 Å². The number of rotatable bonds is 0.